The van der Waals surface area contributed by atoms with E-state index in [0.29, 0.717) is 27.9 Å². The van der Waals surface area contributed by atoms with Crippen molar-refractivity contribution in [1.82, 2.24) is 10.2 Å². The Morgan fingerprint density at radius 3 is 2.10 bits per heavy atom. The molecule has 208 valence electrons. The van der Waals surface area contributed by atoms with Crippen molar-refractivity contribution in [3.05, 3.63) is 94.0 Å². The second-order valence-electron chi connectivity index (χ2n) is 8.79. The van der Waals surface area contributed by atoms with Crippen molar-refractivity contribution in [3.63, 3.8) is 0 Å². The third kappa shape index (κ3) is 8.11. The highest BCUT2D eigenvalue weighted by Crippen LogP contribution is 2.28. The Kier molecular flexibility index (Phi) is 10.6. The van der Waals surface area contributed by atoms with Crippen molar-refractivity contribution < 1.29 is 22.7 Å². The van der Waals surface area contributed by atoms with Crippen LogP contribution in [-0.2, 0) is 32.6 Å². The molecule has 39 heavy (non-hydrogen) atoms. The number of likely N-dealkylation sites (N-methyl/N-ethyl adjacent to an activating group) is 1. The molecule has 2 amide bonds. The summed E-state index contributed by atoms with van der Waals surface area (Å²) in [7, 11) is -2.38. The average Bonchev–Trinajstić information content (AvgIpc) is 2.90. The van der Waals surface area contributed by atoms with Crippen LogP contribution in [0.4, 0.5) is 5.69 Å². The quantitative estimate of drug-likeness (QED) is 0.333. The number of carbonyl (C=O) groups excluding carboxylic acids is 2. The molecule has 0 saturated heterocycles. The van der Waals surface area contributed by atoms with Crippen LogP contribution in [-0.4, -0.2) is 57.6 Å². The Morgan fingerprint density at radius 2 is 1.56 bits per heavy atom. The van der Waals surface area contributed by atoms with Crippen molar-refractivity contribution in [2.45, 2.75) is 25.9 Å². The van der Waals surface area contributed by atoms with Gasteiger partial charge in [0.1, 0.15) is 18.3 Å². The smallest absolute Gasteiger partial charge is 0.244 e. The lowest BCUT2D eigenvalue weighted by Gasteiger charge is -2.33. The fourth-order valence-electron chi connectivity index (χ4n) is 4.06. The number of nitrogens with one attached hydrogen (secondary N) is 1. The average molecular weight is 593 g/mol. The van der Waals surface area contributed by atoms with E-state index in [4.69, 9.17) is 27.9 Å². The van der Waals surface area contributed by atoms with Gasteiger partial charge in [0.2, 0.25) is 21.8 Å². The molecule has 1 N–H and O–H groups in total. The molecule has 3 rings (SSSR count). The molecule has 0 aliphatic rings. The van der Waals surface area contributed by atoms with Crippen molar-refractivity contribution in [3.8, 4) is 5.75 Å². The molecule has 0 radical (unpaired) electrons. The number of hydrogen-bond acceptors (Lipinski definition) is 5. The van der Waals surface area contributed by atoms with Gasteiger partial charge in [-0.3, -0.25) is 13.9 Å². The van der Waals surface area contributed by atoms with Crippen LogP contribution in [0.25, 0.3) is 0 Å². The van der Waals surface area contributed by atoms with E-state index in [1.165, 1.54) is 12.0 Å². The van der Waals surface area contributed by atoms with Gasteiger partial charge in [-0.05, 0) is 48.9 Å². The summed E-state index contributed by atoms with van der Waals surface area (Å²) >= 11 is 12.9. The number of hydrogen-bond donors (Lipinski definition) is 1. The van der Waals surface area contributed by atoms with E-state index in [-0.39, 0.29) is 24.6 Å². The van der Waals surface area contributed by atoms with Crippen molar-refractivity contribution in [2.75, 3.05) is 30.8 Å². The number of benzene rings is 3. The first-order valence-corrected chi connectivity index (χ1v) is 14.8. The molecule has 0 saturated carbocycles. The van der Waals surface area contributed by atoms with Gasteiger partial charge in [-0.1, -0.05) is 59.6 Å². The van der Waals surface area contributed by atoms with Crippen LogP contribution in [0.5, 0.6) is 5.75 Å². The molecule has 0 aliphatic carbocycles. The van der Waals surface area contributed by atoms with Crippen molar-refractivity contribution in [2.24, 2.45) is 0 Å². The van der Waals surface area contributed by atoms with Gasteiger partial charge in [-0.15, -0.1) is 0 Å². The van der Waals surface area contributed by atoms with E-state index in [0.717, 1.165) is 16.1 Å². The summed E-state index contributed by atoms with van der Waals surface area (Å²) < 4.78 is 31.8. The molecule has 0 heterocycles. The molecule has 11 heteroatoms. The van der Waals surface area contributed by atoms with Crippen LogP contribution in [0.15, 0.2) is 72.8 Å². The first kappa shape index (κ1) is 30.3. The zero-order valence-corrected chi connectivity index (χ0v) is 24.3. The first-order chi connectivity index (χ1) is 18.5. The van der Waals surface area contributed by atoms with Gasteiger partial charge in [-0.2, -0.15) is 0 Å². The summed E-state index contributed by atoms with van der Waals surface area (Å²) in [6.07, 6.45) is 1.22. The maximum atomic E-state index is 14.0. The minimum absolute atomic E-state index is 0.105. The van der Waals surface area contributed by atoms with Crippen LogP contribution >= 0.6 is 23.2 Å². The normalized spacial score (nSPS) is 11.9. The predicted octanol–water partition coefficient (Wildman–Crippen LogP) is 4.54. The van der Waals surface area contributed by atoms with E-state index in [2.05, 4.69) is 5.32 Å². The van der Waals surface area contributed by atoms with Crippen molar-refractivity contribution in [1.29, 1.82) is 0 Å². The molecule has 0 bridgehead atoms. The van der Waals surface area contributed by atoms with Crippen LogP contribution in [0.3, 0.4) is 0 Å². The Balaban J connectivity index is 2.07. The molecule has 0 aliphatic heterocycles. The lowest BCUT2D eigenvalue weighted by atomic mass is 10.0. The molecule has 0 spiro atoms. The largest absolute Gasteiger partial charge is 0.497 e. The highest BCUT2D eigenvalue weighted by atomic mass is 35.5. The fourth-order valence-corrected chi connectivity index (χ4v) is 5.43. The molecule has 3 aromatic rings. The number of methoxy groups -OCH3 is 1. The summed E-state index contributed by atoms with van der Waals surface area (Å²) in [6, 6.07) is 19.6. The number of carbonyl (C=O) groups is 2. The van der Waals surface area contributed by atoms with Crippen LogP contribution in [0.2, 0.25) is 10.0 Å². The van der Waals surface area contributed by atoms with Gasteiger partial charge >= 0.3 is 0 Å². The number of sulfonamides is 1. The third-order valence-electron chi connectivity index (χ3n) is 6.05. The van der Waals surface area contributed by atoms with E-state index in [9.17, 15) is 18.0 Å². The highest BCUT2D eigenvalue weighted by Gasteiger charge is 2.33. The Morgan fingerprint density at radius 1 is 0.949 bits per heavy atom. The number of halogens is 2. The Hall–Kier alpha value is -3.27. The molecule has 1 atom stereocenters. The van der Waals surface area contributed by atoms with Gasteiger partial charge < -0.3 is 15.0 Å². The monoisotopic (exact) mass is 591 g/mol. The van der Waals surface area contributed by atoms with Gasteiger partial charge in [0.05, 0.1) is 19.1 Å². The van der Waals surface area contributed by atoms with Crippen LogP contribution < -0.4 is 14.4 Å². The SMILES string of the molecule is CCNC(=O)[C@@H](Cc1ccccc1)N(Cc1c(Cl)cccc1Cl)C(=O)CN(c1ccc(OC)cc1)S(C)(=O)=O. The maximum absolute atomic E-state index is 14.0. The zero-order chi connectivity index (χ0) is 28.6. The molecule has 8 nitrogen and oxygen atoms in total. The molecular weight excluding hydrogens is 561 g/mol. The lowest BCUT2D eigenvalue weighted by Crippen LogP contribution is -2.53. The second-order valence-corrected chi connectivity index (χ2v) is 11.5. The number of ether oxygens (including phenoxy) is 1. The lowest BCUT2D eigenvalue weighted by molar-refractivity contribution is -0.140. The number of amides is 2. The molecule has 0 unspecified atom stereocenters. The Labute approximate surface area is 239 Å². The van der Waals surface area contributed by atoms with Gasteiger partial charge in [-0.25, -0.2) is 8.42 Å². The minimum atomic E-state index is -3.88. The van der Waals surface area contributed by atoms with E-state index in [1.54, 1.807) is 49.4 Å². The Bertz CT molecular complexity index is 1370. The zero-order valence-electron chi connectivity index (χ0n) is 21.9. The standard InChI is InChI=1S/C28H31Cl2N3O5S/c1-4-31-28(35)26(17-20-9-6-5-7-10-20)32(18-23-24(29)11-8-12-25(23)30)27(34)19-33(39(3,36)37)21-13-15-22(38-2)16-14-21/h5-16,26H,4,17-19H2,1-3H3,(H,31,35)/t26-/m1/s1. The topological polar surface area (TPSA) is 96.0 Å². The fraction of sp³-hybridized carbons (Fsp3) is 0.286. The van der Waals surface area contributed by atoms with Gasteiger partial charge in [0, 0.05) is 35.1 Å². The number of anilines is 1. The summed E-state index contributed by atoms with van der Waals surface area (Å²) in [5, 5.41) is 3.45. The summed E-state index contributed by atoms with van der Waals surface area (Å²) in [5.74, 6) is -0.444. The van der Waals surface area contributed by atoms with E-state index < -0.39 is 28.5 Å². The molecule has 0 aromatic heterocycles. The molecule has 0 fully saturated rings. The molecular formula is C28H31Cl2N3O5S. The summed E-state index contributed by atoms with van der Waals surface area (Å²) in [4.78, 5) is 28.7. The predicted molar refractivity (Wildman–Crippen MR) is 155 cm³/mol. The second kappa shape index (κ2) is 13.7. The highest BCUT2D eigenvalue weighted by molar-refractivity contribution is 7.92. The third-order valence-corrected chi connectivity index (χ3v) is 7.90. The first-order valence-electron chi connectivity index (χ1n) is 12.2. The summed E-state index contributed by atoms with van der Waals surface area (Å²) in [5.41, 5.74) is 1.55. The van der Waals surface area contributed by atoms with E-state index in [1.807, 2.05) is 30.3 Å². The van der Waals surface area contributed by atoms with Gasteiger partial charge in [0.25, 0.3) is 0 Å². The number of rotatable bonds is 12. The minimum Gasteiger partial charge on any atom is -0.497 e. The van der Waals surface area contributed by atoms with Crippen molar-refractivity contribution >= 4 is 50.7 Å². The van der Waals surface area contributed by atoms with Gasteiger partial charge in [0.15, 0.2) is 0 Å². The van der Waals surface area contributed by atoms with E-state index >= 15 is 0 Å². The van der Waals surface area contributed by atoms with Crippen LogP contribution in [0.1, 0.15) is 18.1 Å². The molecule has 3 aromatic carbocycles. The summed E-state index contributed by atoms with van der Waals surface area (Å²) in [6.45, 7) is 1.48. The maximum Gasteiger partial charge on any atom is 0.244 e. The number of nitrogens with zero attached hydrogens (tertiary/aromatic N) is 2. The van der Waals surface area contributed by atoms with Crippen LogP contribution in [0, 0.1) is 0 Å².